The highest BCUT2D eigenvalue weighted by Gasteiger charge is 2.62. The standard InChI is InChI=1S/C43H54N6O10S/c1-42(2,3)59-41(53)45-34-18-20-57-19-8-7-9-28-24-43(28,40(52)47-60(54,55)32-15-16-32)46-37(50)36-23-31(25-49(36)39(34)51)58-38-33-17-12-29(48(4)5)21-27(33)22-35(44-38)26-10-13-30(56-6)14-11-26/h7,9-14,17,21-22,28,31-32,34,36H,8,15-16,18-20,23-25H2,1-6H3,(H,45,53)(H,46,50)(H,47,52)/t28?,31?,34-,36-,43+/m0/s1. The molecule has 4 amide bonds. The first kappa shape index (κ1) is 42.7. The van der Waals surface area contributed by atoms with E-state index in [2.05, 4.69) is 15.4 Å². The van der Waals surface area contributed by atoms with Crippen LogP contribution >= 0.6 is 0 Å². The number of benzene rings is 2. The number of fused-ring (bicyclic) bond motifs is 3. The number of amides is 4. The van der Waals surface area contributed by atoms with Crippen LogP contribution in [0, 0.1) is 5.92 Å². The fourth-order valence-corrected chi connectivity index (χ4v) is 8.98. The predicted octanol–water partition coefficient (Wildman–Crippen LogP) is 4.07. The molecular formula is C43H54N6O10S. The van der Waals surface area contributed by atoms with E-state index in [0.29, 0.717) is 36.1 Å². The minimum atomic E-state index is -3.93. The zero-order valence-electron chi connectivity index (χ0n) is 34.9. The van der Waals surface area contributed by atoms with E-state index in [1.165, 1.54) is 4.90 Å². The number of nitrogens with zero attached hydrogens (tertiary/aromatic N) is 3. The van der Waals surface area contributed by atoms with Gasteiger partial charge in [-0.25, -0.2) is 18.2 Å². The van der Waals surface area contributed by atoms with Gasteiger partial charge >= 0.3 is 6.09 Å². The molecule has 5 atom stereocenters. The summed E-state index contributed by atoms with van der Waals surface area (Å²) in [5.74, 6) is -1.59. The summed E-state index contributed by atoms with van der Waals surface area (Å²) < 4.78 is 51.5. The van der Waals surface area contributed by atoms with E-state index in [4.69, 9.17) is 23.9 Å². The number of nitrogens with one attached hydrogen (secondary N) is 3. The van der Waals surface area contributed by atoms with Gasteiger partial charge in [0, 0.05) is 56.1 Å². The normalized spacial score (nSPS) is 24.9. The molecule has 0 spiro atoms. The Kier molecular flexibility index (Phi) is 12.0. The summed E-state index contributed by atoms with van der Waals surface area (Å²) in [5.41, 5.74) is -0.0199. The summed E-state index contributed by atoms with van der Waals surface area (Å²) in [6, 6.07) is 13.0. The Bertz CT molecular complexity index is 2270. The molecule has 7 rings (SSSR count). The Morgan fingerprint density at radius 3 is 2.47 bits per heavy atom. The number of pyridine rings is 1. The SMILES string of the molecule is COc1ccc(-c2cc3cc(N(C)C)ccc3c(OC3C[C@H]4C(=O)N[C@]5(C(=O)NS(=O)(=O)C6CC6)CC5C=CCCOCC[C@H](NC(=O)OC(C)(C)C)C(=O)N4C3)n2)cc1. The number of anilines is 1. The van der Waals surface area contributed by atoms with Gasteiger partial charge in [0.05, 0.1) is 31.2 Å². The Morgan fingerprint density at radius 1 is 1.03 bits per heavy atom. The Hall–Kier alpha value is -5.42. The van der Waals surface area contributed by atoms with E-state index < -0.39 is 74.3 Å². The molecule has 1 saturated heterocycles. The monoisotopic (exact) mass is 846 g/mol. The largest absolute Gasteiger partial charge is 0.497 e. The Balaban J connectivity index is 1.24. The fraction of sp³-hybridized carbons (Fsp3) is 0.512. The summed E-state index contributed by atoms with van der Waals surface area (Å²) in [4.78, 5) is 64.4. The molecule has 1 aromatic heterocycles. The first-order valence-electron chi connectivity index (χ1n) is 20.3. The molecule has 2 unspecified atom stereocenters. The Morgan fingerprint density at radius 2 is 1.78 bits per heavy atom. The van der Waals surface area contributed by atoms with Crippen molar-refractivity contribution in [2.24, 2.45) is 5.92 Å². The first-order chi connectivity index (χ1) is 28.5. The second-order valence-corrected chi connectivity index (χ2v) is 19.0. The number of ether oxygens (including phenoxy) is 4. The van der Waals surface area contributed by atoms with Crippen LogP contribution in [0.2, 0.25) is 0 Å². The average Bonchev–Trinajstić information content (AvgIpc) is 4.12. The molecule has 3 heterocycles. The zero-order valence-corrected chi connectivity index (χ0v) is 35.7. The molecule has 4 aliphatic rings. The lowest BCUT2D eigenvalue weighted by molar-refractivity contribution is -0.141. The predicted molar refractivity (Wildman–Crippen MR) is 224 cm³/mol. The van der Waals surface area contributed by atoms with Crippen molar-refractivity contribution in [3.05, 3.63) is 60.7 Å². The lowest BCUT2D eigenvalue weighted by Gasteiger charge is -2.30. The number of carbonyl (C=O) groups is 4. The summed E-state index contributed by atoms with van der Waals surface area (Å²) in [5, 5.41) is 6.47. The molecule has 322 valence electrons. The second-order valence-electron chi connectivity index (χ2n) is 17.1. The summed E-state index contributed by atoms with van der Waals surface area (Å²) in [6.45, 7) is 5.45. The van der Waals surface area contributed by atoms with Crippen LogP contribution in [0.5, 0.6) is 11.6 Å². The molecule has 2 aliphatic carbocycles. The average molecular weight is 847 g/mol. The van der Waals surface area contributed by atoms with Gasteiger partial charge in [-0.05, 0) is 100 Å². The van der Waals surface area contributed by atoms with Crippen molar-refractivity contribution in [1.82, 2.24) is 25.2 Å². The molecule has 2 saturated carbocycles. The smallest absolute Gasteiger partial charge is 0.408 e. The van der Waals surface area contributed by atoms with Crippen LogP contribution in [0.25, 0.3) is 22.0 Å². The maximum absolute atomic E-state index is 14.7. The molecule has 16 nitrogen and oxygen atoms in total. The van der Waals surface area contributed by atoms with Crippen molar-refractivity contribution in [2.75, 3.05) is 45.9 Å². The highest BCUT2D eigenvalue weighted by Crippen LogP contribution is 2.46. The number of rotatable bonds is 9. The molecule has 2 aromatic carbocycles. The number of hydrogen-bond donors (Lipinski definition) is 3. The zero-order chi connectivity index (χ0) is 43.0. The van der Waals surface area contributed by atoms with Crippen molar-refractivity contribution in [3.63, 3.8) is 0 Å². The lowest BCUT2D eigenvalue weighted by atomic mass is 10.1. The number of aromatic nitrogens is 1. The summed E-state index contributed by atoms with van der Waals surface area (Å²) >= 11 is 0. The van der Waals surface area contributed by atoms with Gasteiger partial charge in [0.2, 0.25) is 27.7 Å². The van der Waals surface area contributed by atoms with Crippen LogP contribution in [-0.4, -0.2) is 118 Å². The third-order valence-electron chi connectivity index (χ3n) is 11.1. The topological polar surface area (TPSA) is 195 Å². The number of hydrogen-bond acceptors (Lipinski definition) is 12. The van der Waals surface area contributed by atoms with E-state index in [1.54, 1.807) is 34.0 Å². The molecule has 3 N–H and O–H groups in total. The van der Waals surface area contributed by atoms with Gasteiger partial charge in [-0.3, -0.25) is 19.1 Å². The lowest BCUT2D eigenvalue weighted by Crippen LogP contribution is -2.58. The van der Waals surface area contributed by atoms with E-state index in [1.807, 2.05) is 73.6 Å². The molecular weight excluding hydrogens is 793 g/mol. The van der Waals surface area contributed by atoms with Crippen LogP contribution in [0.15, 0.2) is 60.7 Å². The molecule has 0 radical (unpaired) electrons. The van der Waals surface area contributed by atoms with Gasteiger partial charge < -0.3 is 39.4 Å². The van der Waals surface area contributed by atoms with Crippen molar-refractivity contribution >= 4 is 50.3 Å². The molecule has 3 fully saturated rings. The molecule has 0 bridgehead atoms. The van der Waals surface area contributed by atoms with E-state index >= 15 is 0 Å². The number of sulfonamides is 1. The van der Waals surface area contributed by atoms with Crippen LogP contribution in [-0.2, 0) is 33.9 Å². The van der Waals surface area contributed by atoms with Crippen molar-refractivity contribution < 1.29 is 46.5 Å². The van der Waals surface area contributed by atoms with Gasteiger partial charge in [0.1, 0.15) is 35.1 Å². The molecule has 3 aromatic rings. The highest BCUT2D eigenvalue weighted by atomic mass is 32.2. The third kappa shape index (κ3) is 9.62. The Labute approximate surface area is 350 Å². The van der Waals surface area contributed by atoms with E-state index in [-0.39, 0.29) is 44.9 Å². The molecule has 17 heteroatoms. The van der Waals surface area contributed by atoms with Gasteiger partial charge in [-0.1, -0.05) is 12.2 Å². The van der Waals surface area contributed by atoms with Crippen molar-refractivity contribution in [1.29, 1.82) is 0 Å². The van der Waals surface area contributed by atoms with Crippen molar-refractivity contribution in [3.8, 4) is 22.9 Å². The number of methoxy groups -OCH3 is 1. The summed E-state index contributed by atoms with van der Waals surface area (Å²) in [7, 11) is 1.56. The second kappa shape index (κ2) is 16.9. The minimum Gasteiger partial charge on any atom is -0.497 e. The highest BCUT2D eigenvalue weighted by molar-refractivity contribution is 7.91. The van der Waals surface area contributed by atoms with Crippen molar-refractivity contribution in [2.45, 2.75) is 93.9 Å². The third-order valence-corrected chi connectivity index (χ3v) is 12.9. The number of carbonyl (C=O) groups excluding carboxylic acids is 4. The van der Waals surface area contributed by atoms with Gasteiger partial charge in [0.15, 0.2) is 0 Å². The van der Waals surface area contributed by atoms with E-state index in [9.17, 15) is 27.6 Å². The molecule has 2 aliphatic heterocycles. The maximum atomic E-state index is 14.7. The van der Waals surface area contributed by atoms with Gasteiger partial charge in [-0.2, -0.15) is 0 Å². The maximum Gasteiger partial charge on any atom is 0.408 e. The first-order valence-corrected chi connectivity index (χ1v) is 21.9. The van der Waals surface area contributed by atoms with Crippen LogP contribution in [0.4, 0.5) is 10.5 Å². The molecule has 60 heavy (non-hydrogen) atoms. The van der Waals surface area contributed by atoms with Crippen LogP contribution < -0.4 is 29.7 Å². The number of alkyl carbamates (subject to hydrolysis) is 1. The van der Waals surface area contributed by atoms with Crippen LogP contribution in [0.3, 0.4) is 0 Å². The van der Waals surface area contributed by atoms with Crippen LogP contribution in [0.1, 0.15) is 59.3 Å². The summed E-state index contributed by atoms with van der Waals surface area (Å²) in [6.07, 6.45) is 3.64. The quantitative estimate of drug-likeness (QED) is 0.262. The van der Waals surface area contributed by atoms with Gasteiger partial charge in [0.25, 0.3) is 5.91 Å². The minimum absolute atomic E-state index is 0.00245. The van der Waals surface area contributed by atoms with Gasteiger partial charge in [-0.15, -0.1) is 0 Å². The fourth-order valence-electron chi connectivity index (χ4n) is 7.61. The van der Waals surface area contributed by atoms with E-state index in [0.717, 1.165) is 16.6 Å².